The van der Waals surface area contributed by atoms with Crippen LogP contribution in [-0.2, 0) is 22.5 Å². The lowest BCUT2D eigenvalue weighted by molar-refractivity contribution is -0.151. The fourth-order valence-corrected chi connectivity index (χ4v) is 6.05. The van der Waals surface area contributed by atoms with Gasteiger partial charge in [-0.1, -0.05) is 43.7 Å². The summed E-state index contributed by atoms with van der Waals surface area (Å²) in [5, 5.41) is 11.7. The maximum atomic E-state index is 10.2. The number of hydrogen-bond acceptors (Lipinski definition) is 10. The first-order valence-corrected chi connectivity index (χ1v) is 19.5. The number of carbonyl (C=O) groups is 1. The highest BCUT2D eigenvalue weighted by molar-refractivity contribution is 7.97. The molecule has 1 unspecified atom stereocenters. The second kappa shape index (κ2) is 21.6. The number of thioether (sulfide) groups is 1. The molecule has 2 aliphatic rings. The normalized spacial score (nSPS) is 14.4. The highest BCUT2D eigenvalue weighted by Crippen LogP contribution is 2.34. The smallest absolute Gasteiger partial charge is 0.318 e. The third-order valence-corrected chi connectivity index (χ3v) is 8.11. The number of esters is 1. The summed E-state index contributed by atoms with van der Waals surface area (Å²) in [5.74, 6) is 1.02. The number of anilines is 2. The van der Waals surface area contributed by atoms with E-state index in [0.29, 0.717) is 12.4 Å². The number of ether oxygens (including phenoxy) is 2. The molecule has 0 radical (unpaired) electrons. The van der Waals surface area contributed by atoms with E-state index in [4.69, 9.17) is 24.7 Å². The molecule has 5 rings (SSSR count). The quantitative estimate of drug-likeness (QED) is 0.213. The van der Waals surface area contributed by atoms with Gasteiger partial charge in [-0.15, -0.1) is 0 Å². The van der Waals surface area contributed by atoms with Crippen LogP contribution in [0.4, 0.5) is 11.5 Å². The molecule has 1 aromatic heterocycles. The molecular formula is C40H62N6O3S. The molecule has 9 nitrogen and oxygen atoms in total. The van der Waals surface area contributed by atoms with Gasteiger partial charge in [0.25, 0.3) is 0 Å². The summed E-state index contributed by atoms with van der Waals surface area (Å²) in [5.41, 5.74) is 4.42. The summed E-state index contributed by atoms with van der Waals surface area (Å²) in [6.45, 7) is 19.4. The number of fused-ring (bicyclic) bond motifs is 2. The zero-order chi connectivity index (χ0) is 37.3. The number of likely N-dealkylation sites (tertiary alicyclic amines) is 1. The number of aryl methyl sites for hydroxylation is 1. The van der Waals surface area contributed by atoms with Crippen molar-refractivity contribution in [3.63, 3.8) is 0 Å². The van der Waals surface area contributed by atoms with Crippen LogP contribution in [0.5, 0.6) is 6.01 Å². The van der Waals surface area contributed by atoms with Crippen molar-refractivity contribution in [2.45, 2.75) is 92.7 Å². The lowest BCUT2D eigenvalue weighted by Crippen LogP contribution is -2.36. The summed E-state index contributed by atoms with van der Waals surface area (Å²) >= 11 is 1.75. The van der Waals surface area contributed by atoms with Crippen molar-refractivity contribution in [2.24, 2.45) is 5.92 Å². The zero-order valence-corrected chi connectivity index (χ0v) is 33.5. The summed E-state index contributed by atoms with van der Waals surface area (Å²) in [6, 6.07) is 15.9. The van der Waals surface area contributed by atoms with Crippen molar-refractivity contribution in [2.75, 3.05) is 69.2 Å². The zero-order valence-electron chi connectivity index (χ0n) is 32.6. The molecule has 0 spiro atoms. The minimum absolute atomic E-state index is 0.225. The van der Waals surface area contributed by atoms with Gasteiger partial charge >= 0.3 is 12.0 Å². The fourth-order valence-electron chi connectivity index (χ4n) is 6.05. The molecular weight excluding hydrogens is 645 g/mol. The van der Waals surface area contributed by atoms with E-state index in [1.54, 1.807) is 18.9 Å². The van der Waals surface area contributed by atoms with Gasteiger partial charge in [0.15, 0.2) is 0 Å². The molecule has 276 valence electrons. The van der Waals surface area contributed by atoms with Crippen LogP contribution in [-0.4, -0.2) is 85.8 Å². The number of benzene rings is 2. The Kier molecular flexibility index (Phi) is 18.4. The van der Waals surface area contributed by atoms with E-state index in [0.717, 1.165) is 50.5 Å². The van der Waals surface area contributed by atoms with Gasteiger partial charge < -0.3 is 24.2 Å². The Labute approximate surface area is 306 Å². The van der Waals surface area contributed by atoms with Crippen LogP contribution in [0.3, 0.4) is 0 Å². The van der Waals surface area contributed by atoms with E-state index < -0.39 is 0 Å². The highest BCUT2D eigenvalue weighted by Gasteiger charge is 2.27. The van der Waals surface area contributed by atoms with Crippen molar-refractivity contribution >= 4 is 40.0 Å². The molecule has 2 aliphatic heterocycles. The van der Waals surface area contributed by atoms with Gasteiger partial charge in [0, 0.05) is 49.6 Å². The first kappa shape index (κ1) is 42.6. The summed E-state index contributed by atoms with van der Waals surface area (Å²) in [4.78, 5) is 26.9. The molecule has 10 heteroatoms. The Morgan fingerprint density at radius 2 is 1.80 bits per heavy atom. The molecule has 0 saturated carbocycles. The molecule has 1 fully saturated rings. The molecule has 0 amide bonds. The molecule has 50 heavy (non-hydrogen) atoms. The Hall–Kier alpha value is -3.55. The lowest BCUT2D eigenvalue weighted by atomic mass is 10.0. The fraction of sp³-hybridized carbons (Fsp3) is 0.600. The minimum Gasteiger partial charge on any atom is -0.467 e. The average molecular weight is 707 g/mol. The van der Waals surface area contributed by atoms with Gasteiger partial charge in [0.1, 0.15) is 11.4 Å². The molecule has 3 aromatic rings. The van der Waals surface area contributed by atoms with Gasteiger partial charge in [-0.3, -0.25) is 4.79 Å². The molecule has 0 bridgehead atoms. The third-order valence-electron chi connectivity index (χ3n) is 8.11. The van der Waals surface area contributed by atoms with E-state index in [9.17, 15) is 4.79 Å². The van der Waals surface area contributed by atoms with Crippen molar-refractivity contribution in [3.05, 3.63) is 53.2 Å². The molecule has 0 N–H and O–H groups in total. The maximum Gasteiger partial charge on any atom is 0.318 e. The SMILES string of the molecule is CC(=O)OC(C)(C)C.CCCN(CC(C)CC#N)c1nc(OC)nc2c1CCN(c1cccc3ccc(C)cc13)C2.CN1CCCC1.CSC. The van der Waals surface area contributed by atoms with Crippen LogP contribution in [0.2, 0.25) is 0 Å². The van der Waals surface area contributed by atoms with Gasteiger partial charge in [-0.25, -0.2) is 0 Å². The maximum absolute atomic E-state index is 10.2. The molecule has 2 aromatic carbocycles. The van der Waals surface area contributed by atoms with Crippen LogP contribution in [0, 0.1) is 24.2 Å². The van der Waals surface area contributed by atoms with E-state index in [1.165, 1.54) is 60.4 Å². The summed E-state index contributed by atoms with van der Waals surface area (Å²) in [6.07, 6.45) is 9.34. The Balaban J connectivity index is 0.000000419. The van der Waals surface area contributed by atoms with E-state index in [2.05, 4.69) is 85.0 Å². The largest absolute Gasteiger partial charge is 0.467 e. The molecule has 1 saturated heterocycles. The van der Waals surface area contributed by atoms with E-state index in [-0.39, 0.29) is 17.5 Å². The van der Waals surface area contributed by atoms with Crippen molar-refractivity contribution in [1.29, 1.82) is 5.26 Å². The number of methoxy groups -OCH3 is 1. The average Bonchev–Trinajstić information content (AvgIpc) is 3.54. The predicted octanol–water partition coefficient (Wildman–Crippen LogP) is 8.31. The summed E-state index contributed by atoms with van der Waals surface area (Å²) in [7, 11) is 3.80. The first-order valence-electron chi connectivity index (χ1n) is 17.8. The highest BCUT2D eigenvalue weighted by atomic mass is 32.2. The van der Waals surface area contributed by atoms with Crippen molar-refractivity contribution in [1.82, 2.24) is 14.9 Å². The topological polar surface area (TPSA) is 94.8 Å². The Morgan fingerprint density at radius 1 is 1.12 bits per heavy atom. The standard InChI is InChI=1S/C27H33N5O.C6H12O2.C5H11N.C2H6S/c1-5-14-32(17-20(3)11-13-28)26-22-12-15-31(18-24(22)29-27(30-26)33-4)25-8-6-7-21-10-9-19(2)16-23(21)25;1-5(7)8-6(2,3)4;1-6-4-2-3-5-6;1-3-2/h6-10,16,20H,5,11-12,14-15,17-18H2,1-4H3;1-4H3;2-5H2,1H3;1-2H3. The first-order chi connectivity index (χ1) is 23.8. The predicted molar refractivity (Wildman–Crippen MR) is 212 cm³/mol. The summed E-state index contributed by atoms with van der Waals surface area (Å²) < 4.78 is 10.3. The second-order valence-electron chi connectivity index (χ2n) is 14.2. The lowest BCUT2D eigenvalue weighted by Gasteiger charge is -2.34. The van der Waals surface area contributed by atoms with Gasteiger partial charge in [0.2, 0.25) is 0 Å². The monoisotopic (exact) mass is 706 g/mol. The number of carbonyl (C=O) groups excluding carboxylic acids is 1. The number of nitrogens with zero attached hydrogens (tertiary/aromatic N) is 6. The van der Waals surface area contributed by atoms with Gasteiger partial charge in [-0.2, -0.15) is 27.0 Å². The van der Waals surface area contributed by atoms with Crippen molar-refractivity contribution in [3.8, 4) is 12.1 Å². The van der Waals surface area contributed by atoms with Crippen LogP contribution >= 0.6 is 11.8 Å². The number of hydrogen-bond donors (Lipinski definition) is 0. The van der Waals surface area contributed by atoms with Crippen LogP contribution in [0.15, 0.2) is 36.4 Å². The van der Waals surface area contributed by atoms with E-state index >= 15 is 0 Å². The van der Waals surface area contributed by atoms with Crippen molar-refractivity contribution < 1.29 is 14.3 Å². The van der Waals surface area contributed by atoms with Gasteiger partial charge in [-0.05, 0) is 109 Å². The van der Waals surface area contributed by atoms with Gasteiger partial charge in [0.05, 0.1) is 25.4 Å². The number of nitriles is 1. The van der Waals surface area contributed by atoms with E-state index in [1.807, 2.05) is 33.3 Å². The molecule has 0 aliphatic carbocycles. The second-order valence-corrected chi connectivity index (χ2v) is 15.0. The Morgan fingerprint density at radius 3 is 2.32 bits per heavy atom. The number of rotatable bonds is 8. The Bertz CT molecular complexity index is 1510. The van der Waals surface area contributed by atoms with Crippen LogP contribution < -0.4 is 14.5 Å². The molecule has 3 heterocycles. The number of aromatic nitrogens is 2. The van der Waals surface area contributed by atoms with Crippen LogP contribution in [0.25, 0.3) is 10.8 Å². The molecule has 1 atom stereocenters. The minimum atomic E-state index is -0.328. The van der Waals surface area contributed by atoms with Crippen LogP contribution in [0.1, 0.15) is 84.0 Å². The third kappa shape index (κ3) is 14.4.